The van der Waals surface area contributed by atoms with E-state index in [1.165, 1.54) is 5.57 Å². The van der Waals surface area contributed by atoms with Crippen LogP contribution in [-0.2, 0) is 43.5 Å². The van der Waals surface area contributed by atoms with Crippen molar-refractivity contribution < 1.29 is 33.3 Å². The Morgan fingerprint density at radius 3 is 2.55 bits per heavy atom. The molecule has 1 saturated heterocycles. The predicted molar refractivity (Wildman–Crippen MR) is 198 cm³/mol. The van der Waals surface area contributed by atoms with Crippen LogP contribution in [0.4, 0.5) is 4.79 Å². The van der Waals surface area contributed by atoms with Gasteiger partial charge in [0.2, 0.25) is 5.91 Å². The maximum Gasteiger partial charge on any atom is 0.407 e. The Hall–Kier alpha value is -4.97. The minimum Gasteiger partial charge on any atom is -0.497 e. The van der Waals surface area contributed by atoms with Crippen LogP contribution in [0.15, 0.2) is 78.5 Å². The molecule has 0 unspecified atom stereocenters. The number of methoxy groups -OCH3 is 1. The molecule has 2 aliphatic carbocycles. The minimum atomic E-state index is -0.439. The summed E-state index contributed by atoms with van der Waals surface area (Å²) in [4.78, 5) is 37.4. The van der Waals surface area contributed by atoms with E-state index < -0.39 is 6.09 Å². The Morgan fingerprint density at radius 1 is 1.02 bits per heavy atom. The first-order chi connectivity index (χ1) is 25.7. The Kier molecular flexibility index (Phi) is 12.6. The van der Waals surface area contributed by atoms with Crippen molar-refractivity contribution >= 4 is 18.0 Å². The molecule has 282 valence electrons. The highest BCUT2D eigenvalue weighted by Crippen LogP contribution is 2.45. The molecule has 0 bridgehead atoms. The van der Waals surface area contributed by atoms with E-state index >= 15 is 0 Å². The van der Waals surface area contributed by atoms with Crippen molar-refractivity contribution in [3.8, 4) is 17.0 Å². The van der Waals surface area contributed by atoms with Crippen LogP contribution in [0, 0.1) is 23.7 Å². The van der Waals surface area contributed by atoms with Gasteiger partial charge in [0.25, 0.3) is 0 Å². The SMILES string of the molecule is CNC(=O)CCn1cc(-c2ccc(CNC(=O)O[C@H]3C[C@@H](C)C=C4C=C[C@H](C)[C@H](CC[C@@H]5C[C@@H](OCc6ccc(OC)cc6)CC(=O)O5)[C@H]43)cc2)nn1. The van der Waals surface area contributed by atoms with E-state index in [2.05, 4.69) is 53.0 Å². The smallest absolute Gasteiger partial charge is 0.407 e. The Morgan fingerprint density at radius 2 is 1.79 bits per heavy atom. The summed E-state index contributed by atoms with van der Waals surface area (Å²) in [5.41, 5.74) is 4.77. The van der Waals surface area contributed by atoms with E-state index in [4.69, 9.17) is 18.9 Å². The topological polar surface area (TPSA) is 143 Å². The van der Waals surface area contributed by atoms with Crippen LogP contribution in [0.2, 0.25) is 0 Å². The number of hydrogen-bond donors (Lipinski definition) is 2. The second-order valence-corrected chi connectivity index (χ2v) is 14.5. The lowest BCUT2D eigenvalue weighted by atomic mass is 9.65. The third-order valence-electron chi connectivity index (χ3n) is 10.6. The van der Waals surface area contributed by atoms with Crippen LogP contribution in [0.3, 0.4) is 0 Å². The van der Waals surface area contributed by atoms with Gasteiger partial charge in [-0.15, -0.1) is 5.10 Å². The van der Waals surface area contributed by atoms with Gasteiger partial charge in [0, 0.05) is 37.9 Å². The normalized spacial score (nSPS) is 25.1. The number of amides is 2. The zero-order valence-corrected chi connectivity index (χ0v) is 31.0. The molecule has 2 amide bonds. The molecule has 6 rings (SSSR count). The summed E-state index contributed by atoms with van der Waals surface area (Å²) in [6.07, 6.45) is 11.0. The quantitative estimate of drug-likeness (QED) is 0.187. The van der Waals surface area contributed by atoms with Crippen LogP contribution in [0.1, 0.15) is 63.5 Å². The maximum atomic E-state index is 13.3. The number of alkyl carbamates (subject to hydrolysis) is 1. The van der Waals surface area contributed by atoms with Gasteiger partial charge in [0.1, 0.15) is 23.7 Å². The molecular weight excluding hydrogens is 674 g/mol. The summed E-state index contributed by atoms with van der Waals surface area (Å²) in [6, 6.07) is 15.5. The molecule has 53 heavy (non-hydrogen) atoms. The first-order valence-corrected chi connectivity index (χ1v) is 18.7. The molecule has 7 atom stereocenters. The van der Waals surface area contributed by atoms with E-state index in [1.54, 1.807) is 18.8 Å². The van der Waals surface area contributed by atoms with Gasteiger partial charge in [-0.05, 0) is 65.8 Å². The zero-order valence-electron chi connectivity index (χ0n) is 31.0. The fourth-order valence-corrected chi connectivity index (χ4v) is 7.71. The monoisotopic (exact) mass is 725 g/mol. The van der Waals surface area contributed by atoms with Gasteiger partial charge in [0.05, 0.1) is 39.0 Å². The number of cyclic esters (lactones) is 1. The van der Waals surface area contributed by atoms with E-state index in [0.717, 1.165) is 41.7 Å². The van der Waals surface area contributed by atoms with E-state index in [0.29, 0.717) is 38.2 Å². The highest BCUT2D eigenvalue weighted by Gasteiger charge is 2.42. The number of carbonyl (C=O) groups excluding carboxylic acids is 3. The average Bonchev–Trinajstić information content (AvgIpc) is 3.64. The number of aromatic nitrogens is 3. The van der Waals surface area contributed by atoms with Crippen molar-refractivity contribution in [2.45, 2.75) is 90.4 Å². The summed E-state index contributed by atoms with van der Waals surface area (Å²) in [7, 11) is 3.25. The first-order valence-electron chi connectivity index (χ1n) is 18.7. The number of fused-ring (bicyclic) bond motifs is 1. The molecule has 0 radical (unpaired) electrons. The fourth-order valence-electron chi connectivity index (χ4n) is 7.71. The van der Waals surface area contributed by atoms with Crippen molar-refractivity contribution in [2.75, 3.05) is 14.2 Å². The van der Waals surface area contributed by atoms with Crippen molar-refractivity contribution in [3.63, 3.8) is 0 Å². The highest BCUT2D eigenvalue weighted by atomic mass is 16.6. The molecule has 3 aromatic rings. The van der Waals surface area contributed by atoms with Crippen LogP contribution in [0.5, 0.6) is 5.75 Å². The Balaban J connectivity index is 1.02. The Bertz CT molecular complexity index is 1770. The average molecular weight is 726 g/mol. The summed E-state index contributed by atoms with van der Waals surface area (Å²) < 4.78 is 25.1. The second-order valence-electron chi connectivity index (χ2n) is 14.5. The molecule has 0 saturated carbocycles. The molecule has 12 nitrogen and oxygen atoms in total. The molecule has 3 aliphatic rings. The van der Waals surface area contributed by atoms with Crippen molar-refractivity contribution in [1.82, 2.24) is 25.6 Å². The van der Waals surface area contributed by atoms with Gasteiger partial charge in [-0.1, -0.05) is 73.7 Å². The van der Waals surface area contributed by atoms with Crippen LogP contribution in [-0.4, -0.2) is 65.4 Å². The number of esters is 1. The number of benzene rings is 2. The largest absolute Gasteiger partial charge is 0.497 e. The highest BCUT2D eigenvalue weighted by molar-refractivity contribution is 5.75. The minimum absolute atomic E-state index is 0.0528. The van der Waals surface area contributed by atoms with Gasteiger partial charge in [-0.3, -0.25) is 14.3 Å². The van der Waals surface area contributed by atoms with Crippen molar-refractivity contribution in [3.05, 3.63) is 89.7 Å². The summed E-state index contributed by atoms with van der Waals surface area (Å²) in [6.45, 7) is 5.57. The van der Waals surface area contributed by atoms with Gasteiger partial charge in [-0.25, -0.2) is 4.79 Å². The number of nitrogens with zero attached hydrogens (tertiary/aromatic N) is 3. The van der Waals surface area contributed by atoms with Gasteiger partial charge >= 0.3 is 12.1 Å². The molecular formula is C41H51N5O7. The summed E-state index contributed by atoms with van der Waals surface area (Å²) in [5.74, 6) is 1.35. The number of hydrogen-bond acceptors (Lipinski definition) is 9. The fraction of sp³-hybridized carbons (Fsp3) is 0.488. The maximum absolute atomic E-state index is 13.3. The molecule has 1 fully saturated rings. The van der Waals surface area contributed by atoms with Gasteiger partial charge < -0.3 is 29.6 Å². The molecule has 1 aromatic heterocycles. The molecule has 2 N–H and O–H groups in total. The van der Waals surface area contributed by atoms with E-state index in [1.807, 2.05) is 54.7 Å². The van der Waals surface area contributed by atoms with Crippen molar-refractivity contribution in [2.24, 2.45) is 23.7 Å². The van der Waals surface area contributed by atoms with Crippen LogP contribution in [0.25, 0.3) is 11.3 Å². The Labute approximate surface area is 311 Å². The summed E-state index contributed by atoms with van der Waals surface area (Å²) in [5, 5.41) is 13.9. The van der Waals surface area contributed by atoms with Crippen molar-refractivity contribution in [1.29, 1.82) is 0 Å². The molecule has 2 aromatic carbocycles. The lowest BCUT2D eigenvalue weighted by molar-refractivity contribution is -0.164. The summed E-state index contributed by atoms with van der Waals surface area (Å²) >= 11 is 0. The van der Waals surface area contributed by atoms with Gasteiger partial charge in [-0.2, -0.15) is 0 Å². The van der Waals surface area contributed by atoms with E-state index in [9.17, 15) is 14.4 Å². The number of carbonyl (C=O) groups is 3. The third kappa shape index (κ3) is 10.1. The standard InChI is InChI=1S/C41H51N5O7/c1-26-19-31-10-5-27(2)35(16-15-33-21-34(22-39(48)52-33)51-25-29-8-13-32(50-4)14-9-29)40(31)37(20-26)53-41(49)43-23-28-6-11-30(12-7-28)36-24-46(45-44-36)18-17-38(47)42-3/h5-14,19,24,26-27,33-35,37,40H,15-18,20-23,25H2,1-4H3,(H,42,47)(H,43,49)/t26-,27-,33+,34+,35-,37-,40-/m0/s1. The molecule has 2 heterocycles. The molecule has 1 aliphatic heterocycles. The molecule has 12 heteroatoms. The lowest BCUT2D eigenvalue weighted by Gasteiger charge is -2.43. The molecule has 0 spiro atoms. The van der Waals surface area contributed by atoms with Gasteiger partial charge in [0.15, 0.2) is 0 Å². The number of nitrogens with one attached hydrogen (secondary N) is 2. The lowest BCUT2D eigenvalue weighted by Crippen LogP contribution is -2.43. The van der Waals surface area contributed by atoms with Crippen LogP contribution < -0.4 is 15.4 Å². The third-order valence-corrected chi connectivity index (χ3v) is 10.6. The van der Waals surface area contributed by atoms with E-state index in [-0.39, 0.29) is 60.3 Å². The predicted octanol–water partition coefficient (Wildman–Crippen LogP) is 6.16. The zero-order chi connectivity index (χ0) is 37.3. The number of rotatable bonds is 14. The first kappa shape index (κ1) is 37.8. The number of aryl methyl sites for hydroxylation is 1. The van der Waals surface area contributed by atoms with Crippen LogP contribution >= 0.6 is 0 Å². The second kappa shape index (κ2) is 17.7. The number of ether oxygens (including phenoxy) is 4. The number of allylic oxidation sites excluding steroid dienone is 3.